The van der Waals surface area contributed by atoms with Crippen molar-refractivity contribution in [1.82, 2.24) is 15.1 Å². The zero-order chi connectivity index (χ0) is 13.1. The Morgan fingerprint density at radius 1 is 1.56 bits per heavy atom. The van der Waals surface area contributed by atoms with E-state index in [4.69, 9.17) is 9.15 Å². The molecule has 0 aliphatic carbocycles. The Balaban J connectivity index is 1.98. The summed E-state index contributed by atoms with van der Waals surface area (Å²) in [7, 11) is 3.34. The predicted molar refractivity (Wildman–Crippen MR) is 64.4 cm³/mol. The Labute approximate surface area is 105 Å². The lowest BCUT2D eigenvalue weighted by atomic mass is 10.2. The van der Waals surface area contributed by atoms with Gasteiger partial charge in [0.2, 0.25) is 0 Å². The maximum atomic E-state index is 11.8. The predicted octanol–water partition coefficient (Wildman–Crippen LogP) is 1.26. The molecule has 2 aromatic heterocycles. The summed E-state index contributed by atoms with van der Waals surface area (Å²) in [5.41, 5.74) is 2.00. The zero-order valence-corrected chi connectivity index (χ0v) is 10.6. The van der Waals surface area contributed by atoms with E-state index < -0.39 is 0 Å². The summed E-state index contributed by atoms with van der Waals surface area (Å²) in [6.45, 7) is 2.37. The van der Waals surface area contributed by atoms with Crippen LogP contribution in [0.2, 0.25) is 0 Å². The molecule has 1 amide bonds. The fourth-order valence-electron chi connectivity index (χ4n) is 1.53. The van der Waals surface area contributed by atoms with Gasteiger partial charge in [-0.25, -0.2) is 0 Å². The monoisotopic (exact) mass is 249 g/mol. The molecule has 0 unspecified atom stereocenters. The molecule has 0 aliphatic heterocycles. The topological polar surface area (TPSA) is 69.3 Å². The molecule has 0 radical (unpaired) electrons. The molecular formula is C12H15N3O3. The fraction of sp³-hybridized carbons (Fsp3) is 0.333. The van der Waals surface area contributed by atoms with Crippen molar-refractivity contribution in [3.05, 3.63) is 35.3 Å². The largest absolute Gasteiger partial charge is 0.468 e. The Hall–Kier alpha value is -2.24. The van der Waals surface area contributed by atoms with Crippen molar-refractivity contribution in [3.8, 4) is 5.95 Å². The number of furan rings is 1. The molecule has 2 heterocycles. The van der Waals surface area contributed by atoms with Crippen LogP contribution >= 0.6 is 0 Å². The maximum Gasteiger partial charge on any atom is 0.287 e. The number of hydrogen-bond donors (Lipinski definition) is 1. The van der Waals surface area contributed by atoms with Crippen molar-refractivity contribution < 1.29 is 13.9 Å². The molecule has 0 spiro atoms. The first kappa shape index (κ1) is 12.2. The summed E-state index contributed by atoms with van der Waals surface area (Å²) in [4.78, 5) is 11.8. The van der Waals surface area contributed by atoms with Crippen molar-refractivity contribution >= 4 is 5.91 Å². The second kappa shape index (κ2) is 4.95. The molecule has 0 saturated carbocycles. The molecule has 0 bridgehead atoms. The van der Waals surface area contributed by atoms with E-state index in [2.05, 4.69) is 10.4 Å². The summed E-state index contributed by atoms with van der Waals surface area (Å²) in [6, 6.07) is 3.18. The van der Waals surface area contributed by atoms with Crippen LogP contribution in [0.4, 0.5) is 0 Å². The van der Waals surface area contributed by atoms with Crippen molar-refractivity contribution in [2.45, 2.75) is 13.5 Å². The van der Waals surface area contributed by atoms with Crippen LogP contribution < -0.4 is 10.1 Å². The minimum atomic E-state index is -0.276. The summed E-state index contributed by atoms with van der Waals surface area (Å²) in [6.07, 6.45) is 1.73. The SMILES string of the molecule is COc1ccc(C(=O)NCc2cnn(C)c2C)o1. The average molecular weight is 249 g/mol. The third-order valence-corrected chi connectivity index (χ3v) is 2.78. The van der Waals surface area contributed by atoms with Gasteiger partial charge in [0.1, 0.15) is 0 Å². The number of rotatable bonds is 4. The molecular weight excluding hydrogens is 234 g/mol. The van der Waals surface area contributed by atoms with Gasteiger partial charge in [-0.1, -0.05) is 0 Å². The van der Waals surface area contributed by atoms with E-state index in [1.807, 2.05) is 14.0 Å². The smallest absolute Gasteiger partial charge is 0.287 e. The molecule has 0 fully saturated rings. The van der Waals surface area contributed by atoms with Crippen LogP contribution in [0.5, 0.6) is 5.95 Å². The third-order valence-electron chi connectivity index (χ3n) is 2.78. The van der Waals surface area contributed by atoms with Gasteiger partial charge in [-0.05, 0) is 13.0 Å². The highest BCUT2D eigenvalue weighted by atomic mass is 16.6. The van der Waals surface area contributed by atoms with Crippen molar-refractivity contribution in [3.63, 3.8) is 0 Å². The summed E-state index contributed by atoms with van der Waals surface area (Å²) >= 11 is 0. The standard InChI is InChI=1S/C12H15N3O3/c1-8-9(7-14-15(8)2)6-13-12(16)10-4-5-11(17-3)18-10/h4-5,7H,6H2,1-3H3,(H,13,16). The van der Waals surface area contributed by atoms with Crippen LogP contribution in [0.1, 0.15) is 21.8 Å². The van der Waals surface area contributed by atoms with Gasteiger partial charge in [-0.15, -0.1) is 0 Å². The summed E-state index contributed by atoms with van der Waals surface area (Å²) in [5.74, 6) is 0.271. The summed E-state index contributed by atoms with van der Waals surface area (Å²) < 4.78 is 11.8. The first-order valence-corrected chi connectivity index (χ1v) is 5.51. The van der Waals surface area contributed by atoms with Gasteiger partial charge < -0.3 is 14.5 Å². The maximum absolute atomic E-state index is 11.8. The van der Waals surface area contributed by atoms with E-state index in [0.29, 0.717) is 12.5 Å². The van der Waals surface area contributed by atoms with Gasteiger partial charge in [0.25, 0.3) is 11.9 Å². The van der Waals surface area contributed by atoms with Gasteiger partial charge in [-0.3, -0.25) is 9.48 Å². The van der Waals surface area contributed by atoms with Crippen LogP contribution in [0.15, 0.2) is 22.7 Å². The molecule has 96 valence electrons. The lowest BCUT2D eigenvalue weighted by Gasteiger charge is -2.02. The number of methoxy groups -OCH3 is 1. The third kappa shape index (κ3) is 2.37. The number of nitrogens with one attached hydrogen (secondary N) is 1. The van der Waals surface area contributed by atoms with E-state index in [1.54, 1.807) is 23.0 Å². The van der Waals surface area contributed by atoms with E-state index in [1.165, 1.54) is 7.11 Å². The Morgan fingerprint density at radius 3 is 2.89 bits per heavy atom. The minimum Gasteiger partial charge on any atom is -0.468 e. The van der Waals surface area contributed by atoms with E-state index in [9.17, 15) is 4.79 Å². The Morgan fingerprint density at radius 2 is 2.33 bits per heavy atom. The van der Waals surface area contributed by atoms with E-state index in [-0.39, 0.29) is 11.7 Å². The van der Waals surface area contributed by atoms with Gasteiger partial charge in [0.05, 0.1) is 13.3 Å². The quantitative estimate of drug-likeness (QED) is 0.885. The van der Waals surface area contributed by atoms with E-state index >= 15 is 0 Å². The minimum absolute atomic E-state index is 0.230. The van der Waals surface area contributed by atoms with Gasteiger partial charge in [0, 0.05) is 30.9 Å². The van der Waals surface area contributed by atoms with Crippen LogP contribution in [-0.4, -0.2) is 22.8 Å². The summed E-state index contributed by atoms with van der Waals surface area (Å²) in [5, 5.41) is 6.87. The van der Waals surface area contributed by atoms with E-state index in [0.717, 1.165) is 11.3 Å². The van der Waals surface area contributed by atoms with Crippen LogP contribution in [0, 0.1) is 6.92 Å². The molecule has 2 rings (SSSR count). The number of carbonyl (C=O) groups is 1. The van der Waals surface area contributed by atoms with Crippen molar-refractivity contribution in [1.29, 1.82) is 0 Å². The lowest BCUT2D eigenvalue weighted by molar-refractivity contribution is 0.0917. The highest BCUT2D eigenvalue weighted by molar-refractivity contribution is 5.91. The highest BCUT2D eigenvalue weighted by Crippen LogP contribution is 2.15. The molecule has 0 atom stereocenters. The number of carbonyl (C=O) groups excluding carboxylic acids is 1. The van der Waals surface area contributed by atoms with Crippen LogP contribution in [-0.2, 0) is 13.6 Å². The number of ether oxygens (including phenoxy) is 1. The first-order chi connectivity index (χ1) is 8.61. The number of hydrogen-bond acceptors (Lipinski definition) is 4. The molecule has 0 saturated heterocycles. The Bertz CT molecular complexity index is 557. The molecule has 2 aromatic rings. The number of aryl methyl sites for hydroxylation is 1. The molecule has 6 nitrogen and oxygen atoms in total. The number of amides is 1. The van der Waals surface area contributed by atoms with Gasteiger partial charge >= 0.3 is 0 Å². The molecule has 0 aromatic carbocycles. The Kier molecular flexibility index (Phi) is 3.36. The lowest BCUT2D eigenvalue weighted by Crippen LogP contribution is -2.22. The van der Waals surface area contributed by atoms with Gasteiger partial charge in [-0.2, -0.15) is 5.10 Å². The second-order valence-electron chi connectivity index (χ2n) is 3.88. The van der Waals surface area contributed by atoms with Gasteiger partial charge in [0.15, 0.2) is 5.76 Å². The van der Waals surface area contributed by atoms with Crippen LogP contribution in [0.3, 0.4) is 0 Å². The molecule has 1 N–H and O–H groups in total. The second-order valence-corrected chi connectivity index (χ2v) is 3.88. The number of aromatic nitrogens is 2. The first-order valence-electron chi connectivity index (χ1n) is 5.51. The van der Waals surface area contributed by atoms with Crippen LogP contribution in [0.25, 0.3) is 0 Å². The molecule has 0 aliphatic rings. The highest BCUT2D eigenvalue weighted by Gasteiger charge is 2.12. The average Bonchev–Trinajstić information content (AvgIpc) is 2.96. The zero-order valence-electron chi connectivity index (χ0n) is 10.6. The van der Waals surface area contributed by atoms with Crippen molar-refractivity contribution in [2.75, 3.05) is 7.11 Å². The molecule has 6 heteroatoms. The van der Waals surface area contributed by atoms with Crippen molar-refractivity contribution in [2.24, 2.45) is 7.05 Å². The fourth-order valence-corrected chi connectivity index (χ4v) is 1.53. The number of nitrogens with zero attached hydrogens (tertiary/aromatic N) is 2. The molecule has 18 heavy (non-hydrogen) atoms. The normalized spacial score (nSPS) is 10.4.